The molecule has 0 radical (unpaired) electrons. The van der Waals surface area contributed by atoms with Gasteiger partial charge in [-0.2, -0.15) is 0 Å². The van der Waals surface area contributed by atoms with Crippen LogP contribution in [-0.2, 0) is 9.59 Å². The van der Waals surface area contributed by atoms with Gasteiger partial charge in [-0.3, -0.25) is 9.59 Å². The van der Waals surface area contributed by atoms with Crippen LogP contribution >= 0.6 is 0 Å². The summed E-state index contributed by atoms with van der Waals surface area (Å²) in [5.41, 5.74) is 0. The van der Waals surface area contributed by atoms with Crippen LogP contribution in [0.3, 0.4) is 0 Å². The molecular weight excluding hydrogens is 242 g/mol. The Bertz CT molecular complexity index is 269. The fourth-order valence-electron chi connectivity index (χ4n) is 1.94. The first-order chi connectivity index (χ1) is 9.10. The van der Waals surface area contributed by atoms with Crippen molar-refractivity contribution < 1.29 is 9.59 Å². The van der Waals surface area contributed by atoms with Gasteiger partial charge < -0.3 is 16.0 Å². The third-order valence-corrected chi connectivity index (χ3v) is 3.24. The van der Waals surface area contributed by atoms with E-state index < -0.39 is 6.04 Å². The van der Waals surface area contributed by atoms with Gasteiger partial charge >= 0.3 is 0 Å². The molecule has 0 rings (SSSR count). The molecule has 2 atom stereocenters. The molecule has 19 heavy (non-hydrogen) atoms. The van der Waals surface area contributed by atoms with Crippen LogP contribution in [-0.4, -0.2) is 38.0 Å². The van der Waals surface area contributed by atoms with Crippen LogP contribution in [0.1, 0.15) is 52.4 Å². The first kappa shape index (κ1) is 17.9. The van der Waals surface area contributed by atoms with Crippen molar-refractivity contribution in [3.63, 3.8) is 0 Å². The van der Waals surface area contributed by atoms with Crippen LogP contribution in [0.2, 0.25) is 0 Å². The molecule has 0 aliphatic rings. The number of carbonyl (C=O) groups excluding carboxylic acids is 2. The Morgan fingerprint density at radius 3 is 1.84 bits per heavy atom. The van der Waals surface area contributed by atoms with E-state index in [1.165, 1.54) is 0 Å². The standard InChI is InChI=1S/C14H29N3O2/c1-5-7-9-11(15-3)14(19)17-12(10-8-6-2)13(18)16-4/h11-12,15H,5-10H2,1-4H3,(H,16,18)(H,17,19)/t11-,12-/m0/s1. The molecule has 2 amide bonds. The van der Waals surface area contributed by atoms with Crippen LogP contribution in [0.4, 0.5) is 0 Å². The normalized spacial score (nSPS) is 13.7. The summed E-state index contributed by atoms with van der Waals surface area (Å²) in [6.07, 6.45) is 5.48. The zero-order valence-electron chi connectivity index (χ0n) is 12.7. The summed E-state index contributed by atoms with van der Waals surface area (Å²) in [6, 6.07) is -0.636. The van der Waals surface area contributed by atoms with E-state index in [9.17, 15) is 9.59 Å². The summed E-state index contributed by atoms with van der Waals surface area (Å²) in [4.78, 5) is 23.9. The van der Waals surface area contributed by atoms with E-state index in [2.05, 4.69) is 29.8 Å². The summed E-state index contributed by atoms with van der Waals surface area (Å²) >= 11 is 0. The number of hydrogen-bond acceptors (Lipinski definition) is 3. The van der Waals surface area contributed by atoms with E-state index in [0.717, 1.165) is 32.1 Å². The Hall–Kier alpha value is -1.10. The Balaban J connectivity index is 4.44. The summed E-state index contributed by atoms with van der Waals surface area (Å²) in [7, 11) is 3.38. The molecule has 3 N–H and O–H groups in total. The SMILES string of the molecule is CCCC[C@H](NC)C(=O)N[C@@H](CCCC)C(=O)NC. The van der Waals surface area contributed by atoms with E-state index in [0.29, 0.717) is 6.42 Å². The minimum Gasteiger partial charge on any atom is -0.357 e. The average molecular weight is 271 g/mol. The predicted octanol–water partition coefficient (Wildman–Crippen LogP) is 1.19. The van der Waals surface area contributed by atoms with Gasteiger partial charge in [-0.1, -0.05) is 39.5 Å². The zero-order valence-corrected chi connectivity index (χ0v) is 12.7. The number of hydrogen-bond donors (Lipinski definition) is 3. The quantitative estimate of drug-likeness (QED) is 0.559. The van der Waals surface area contributed by atoms with Gasteiger partial charge in [-0.25, -0.2) is 0 Å². The molecule has 112 valence electrons. The van der Waals surface area contributed by atoms with Crippen molar-refractivity contribution in [2.45, 2.75) is 64.5 Å². The highest BCUT2D eigenvalue weighted by Gasteiger charge is 2.23. The molecule has 0 spiro atoms. The summed E-state index contributed by atoms with van der Waals surface area (Å²) < 4.78 is 0. The van der Waals surface area contributed by atoms with E-state index >= 15 is 0 Å². The number of unbranched alkanes of at least 4 members (excludes halogenated alkanes) is 2. The lowest BCUT2D eigenvalue weighted by molar-refractivity contribution is -0.130. The van der Waals surface area contributed by atoms with Crippen LogP contribution in [0.25, 0.3) is 0 Å². The molecule has 0 aromatic heterocycles. The lowest BCUT2D eigenvalue weighted by Crippen LogP contribution is -2.51. The fourth-order valence-corrected chi connectivity index (χ4v) is 1.94. The number of rotatable bonds is 10. The van der Waals surface area contributed by atoms with Crippen molar-refractivity contribution in [2.75, 3.05) is 14.1 Å². The molecule has 0 aromatic rings. The van der Waals surface area contributed by atoms with Gasteiger partial charge in [0.2, 0.25) is 11.8 Å². The molecule has 0 unspecified atom stereocenters. The number of likely N-dealkylation sites (N-methyl/N-ethyl adjacent to an activating group) is 2. The summed E-state index contributed by atoms with van der Waals surface area (Å²) in [6.45, 7) is 4.17. The second kappa shape index (κ2) is 10.8. The molecule has 0 aromatic carbocycles. The van der Waals surface area contributed by atoms with Gasteiger partial charge in [0.1, 0.15) is 6.04 Å². The van der Waals surface area contributed by atoms with Crippen molar-refractivity contribution in [3.8, 4) is 0 Å². The Labute approximate surface area is 116 Å². The lowest BCUT2D eigenvalue weighted by Gasteiger charge is -2.21. The highest BCUT2D eigenvalue weighted by molar-refractivity contribution is 5.89. The van der Waals surface area contributed by atoms with Crippen molar-refractivity contribution >= 4 is 11.8 Å². The van der Waals surface area contributed by atoms with Crippen molar-refractivity contribution in [1.82, 2.24) is 16.0 Å². The topological polar surface area (TPSA) is 70.2 Å². The van der Waals surface area contributed by atoms with E-state index in [1.807, 2.05) is 0 Å². The van der Waals surface area contributed by atoms with Crippen molar-refractivity contribution in [2.24, 2.45) is 0 Å². The minimum atomic E-state index is -0.421. The van der Waals surface area contributed by atoms with Crippen LogP contribution < -0.4 is 16.0 Å². The minimum absolute atomic E-state index is 0.0827. The largest absolute Gasteiger partial charge is 0.357 e. The number of nitrogens with one attached hydrogen (secondary N) is 3. The van der Waals surface area contributed by atoms with Gasteiger partial charge in [-0.15, -0.1) is 0 Å². The first-order valence-electron chi connectivity index (χ1n) is 7.29. The molecular formula is C14H29N3O2. The fraction of sp³-hybridized carbons (Fsp3) is 0.857. The summed E-state index contributed by atoms with van der Waals surface area (Å²) in [5, 5.41) is 8.47. The molecule has 0 aliphatic carbocycles. The molecule has 0 heterocycles. The Morgan fingerprint density at radius 1 is 0.895 bits per heavy atom. The zero-order chi connectivity index (χ0) is 14.7. The highest BCUT2D eigenvalue weighted by Crippen LogP contribution is 2.04. The lowest BCUT2D eigenvalue weighted by atomic mass is 10.1. The molecule has 0 saturated heterocycles. The van der Waals surface area contributed by atoms with Gasteiger partial charge in [0.15, 0.2) is 0 Å². The van der Waals surface area contributed by atoms with E-state index in [1.54, 1.807) is 14.1 Å². The predicted molar refractivity (Wildman–Crippen MR) is 77.9 cm³/mol. The molecule has 0 aliphatic heterocycles. The highest BCUT2D eigenvalue weighted by atomic mass is 16.2. The molecule has 5 heteroatoms. The van der Waals surface area contributed by atoms with E-state index in [4.69, 9.17) is 0 Å². The monoisotopic (exact) mass is 271 g/mol. The third kappa shape index (κ3) is 7.15. The smallest absolute Gasteiger partial charge is 0.242 e. The van der Waals surface area contributed by atoms with E-state index in [-0.39, 0.29) is 17.9 Å². The van der Waals surface area contributed by atoms with Crippen molar-refractivity contribution in [1.29, 1.82) is 0 Å². The third-order valence-electron chi connectivity index (χ3n) is 3.24. The van der Waals surface area contributed by atoms with Gasteiger partial charge in [-0.05, 0) is 19.9 Å². The van der Waals surface area contributed by atoms with Gasteiger partial charge in [0.25, 0.3) is 0 Å². The van der Waals surface area contributed by atoms with Gasteiger partial charge in [0, 0.05) is 7.05 Å². The average Bonchev–Trinajstić information content (AvgIpc) is 2.43. The number of amides is 2. The molecule has 5 nitrogen and oxygen atoms in total. The second-order valence-corrected chi connectivity index (χ2v) is 4.80. The van der Waals surface area contributed by atoms with Crippen LogP contribution in [0.15, 0.2) is 0 Å². The van der Waals surface area contributed by atoms with Crippen LogP contribution in [0.5, 0.6) is 0 Å². The summed E-state index contributed by atoms with van der Waals surface area (Å²) in [5.74, 6) is -0.201. The first-order valence-corrected chi connectivity index (χ1v) is 7.29. The molecule has 0 fully saturated rings. The second-order valence-electron chi connectivity index (χ2n) is 4.80. The maximum Gasteiger partial charge on any atom is 0.242 e. The van der Waals surface area contributed by atoms with Gasteiger partial charge in [0.05, 0.1) is 6.04 Å². The number of carbonyl (C=O) groups is 2. The van der Waals surface area contributed by atoms with Crippen LogP contribution in [0, 0.1) is 0 Å². The maximum absolute atomic E-state index is 12.1. The Kier molecular flexibility index (Phi) is 10.2. The molecule has 0 bridgehead atoms. The Morgan fingerprint density at radius 2 is 1.42 bits per heavy atom. The van der Waals surface area contributed by atoms with Crippen molar-refractivity contribution in [3.05, 3.63) is 0 Å². The molecule has 0 saturated carbocycles. The maximum atomic E-state index is 12.1.